The smallest absolute Gasteiger partial charge is 0.228 e. The first-order valence-electron chi connectivity index (χ1n) is 7.38. The van der Waals surface area contributed by atoms with Gasteiger partial charge >= 0.3 is 0 Å². The highest BCUT2D eigenvalue weighted by molar-refractivity contribution is 5.02. The normalized spacial score (nSPS) is 24.8. The van der Waals surface area contributed by atoms with Crippen LogP contribution < -0.4 is 5.32 Å². The molecule has 1 N–H and O–H groups in total. The van der Waals surface area contributed by atoms with Crippen LogP contribution in [0.2, 0.25) is 0 Å². The summed E-state index contributed by atoms with van der Waals surface area (Å²) in [7, 11) is 0. The molecule has 1 aliphatic heterocycles. The number of aromatic nitrogens is 2. The summed E-state index contributed by atoms with van der Waals surface area (Å²) in [5, 5.41) is 7.60. The minimum absolute atomic E-state index is 0.347. The van der Waals surface area contributed by atoms with E-state index in [-0.39, 0.29) is 5.60 Å². The van der Waals surface area contributed by atoms with Crippen molar-refractivity contribution < 1.29 is 9.26 Å². The van der Waals surface area contributed by atoms with Crippen LogP contribution in [0.5, 0.6) is 0 Å². The van der Waals surface area contributed by atoms with E-state index < -0.39 is 0 Å². The minimum Gasteiger partial charge on any atom is -0.367 e. The standard InChI is InChI=1S/C14H25N3O2/c1-4-8-15-11(5-2)10-12-16-13(17-19-12)14(3)7-6-9-18-14/h11,15H,4-10H2,1-3H3. The Hall–Kier alpha value is -0.940. The Morgan fingerprint density at radius 3 is 2.89 bits per heavy atom. The first kappa shape index (κ1) is 14.5. The maximum atomic E-state index is 5.74. The molecule has 0 aromatic carbocycles. The molecule has 0 spiro atoms. The average Bonchev–Trinajstić information content (AvgIpc) is 3.04. The Morgan fingerprint density at radius 1 is 1.42 bits per heavy atom. The average molecular weight is 267 g/mol. The number of nitrogens with one attached hydrogen (secondary N) is 1. The lowest BCUT2D eigenvalue weighted by Gasteiger charge is -2.17. The van der Waals surface area contributed by atoms with Gasteiger partial charge in [0.05, 0.1) is 0 Å². The molecule has 19 heavy (non-hydrogen) atoms. The molecule has 1 aliphatic rings. The minimum atomic E-state index is -0.347. The maximum Gasteiger partial charge on any atom is 0.228 e. The monoisotopic (exact) mass is 267 g/mol. The summed E-state index contributed by atoms with van der Waals surface area (Å²) in [5.41, 5.74) is -0.347. The number of hydrogen-bond donors (Lipinski definition) is 1. The first-order chi connectivity index (χ1) is 9.18. The van der Waals surface area contributed by atoms with Gasteiger partial charge in [-0.05, 0) is 39.2 Å². The molecule has 108 valence electrons. The van der Waals surface area contributed by atoms with E-state index >= 15 is 0 Å². The van der Waals surface area contributed by atoms with E-state index in [1.54, 1.807) is 0 Å². The molecule has 2 unspecified atom stereocenters. The zero-order valence-corrected chi connectivity index (χ0v) is 12.2. The molecule has 1 saturated heterocycles. The van der Waals surface area contributed by atoms with Gasteiger partial charge < -0.3 is 14.6 Å². The van der Waals surface area contributed by atoms with Crippen LogP contribution in [0, 0.1) is 0 Å². The van der Waals surface area contributed by atoms with Crippen molar-refractivity contribution >= 4 is 0 Å². The number of rotatable bonds is 7. The summed E-state index contributed by atoms with van der Waals surface area (Å²) < 4.78 is 11.1. The summed E-state index contributed by atoms with van der Waals surface area (Å²) >= 11 is 0. The van der Waals surface area contributed by atoms with E-state index in [0.29, 0.717) is 17.8 Å². The van der Waals surface area contributed by atoms with Crippen molar-refractivity contribution in [3.05, 3.63) is 11.7 Å². The van der Waals surface area contributed by atoms with E-state index in [9.17, 15) is 0 Å². The van der Waals surface area contributed by atoms with E-state index in [1.165, 1.54) is 0 Å². The quantitative estimate of drug-likeness (QED) is 0.822. The third-order valence-corrected chi connectivity index (χ3v) is 3.76. The fourth-order valence-electron chi connectivity index (χ4n) is 2.43. The molecule has 2 atom stereocenters. The summed E-state index contributed by atoms with van der Waals surface area (Å²) in [6.07, 6.45) is 5.02. The molecule has 5 nitrogen and oxygen atoms in total. The van der Waals surface area contributed by atoms with E-state index in [2.05, 4.69) is 29.3 Å². The van der Waals surface area contributed by atoms with Crippen LogP contribution in [-0.2, 0) is 16.8 Å². The molecular weight excluding hydrogens is 242 g/mol. The molecule has 0 amide bonds. The summed E-state index contributed by atoms with van der Waals surface area (Å²) in [6.45, 7) is 8.20. The second kappa shape index (κ2) is 6.48. The SMILES string of the molecule is CCCNC(CC)Cc1nc(C2(C)CCCO2)no1. The van der Waals surface area contributed by atoms with Crippen LogP contribution in [0.1, 0.15) is 58.2 Å². The lowest BCUT2D eigenvalue weighted by molar-refractivity contribution is 0.00768. The van der Waals surface area contributed by atoms with Gasteiger partial charge in [0.25, 0.3) is 0 Å². The second-order valence-electron chi connectivity index (χ2n) is 5.46. The fourth-order valence-corrected chi connectivity index (χ4v) is 2.43. The third kappa shape index (κ3) is 3.54. The molecule has 2 rings (SSSR count). The molecule has 0 bridgehead atoms. The zero-order chi connectivity index (χ0) is 13.7. The number of ether oxygens (including phenoxy) is 1. The molecule has 0 aliphatic carbocycles. The highest BCUT2D eigenvalue weighted by Crippen LogP contribution is 2.33. The van der Waals surface area contributed by atoms with Gasteiger partial charge in [-0.15, -0.1) is 0 Å². The predicted molar refractivity (Wildman–Crippen MR) is 72.9 cm³/mol. The summed E-state index contributed by atoms with van der Waals surface area (Å²) in [4.78, 5) is 4.52. The largest absolute Gasteiger partial charge is 0.367 e. The Morgan fingerprint density at radius 2 is 2.26 bits per heavy atom. The van der Waals surface area contributed by atoms with Gasteiger partial charge in [0, 0.05) is 19.1 Å². The highest BCUT2D eigenvalue weighted by Gasteiger charge is 2.36. The Bertz CT molecular complexity index is 386. The number of nitrogens with zero attached hydrogens (tertiary/aromatic N) is 2. The predicted octanol–water partition coefficient (Wildman–Crippen LogP) is 2.42. The highest BCUT2D eigenvalue weighted by atomic mass is 16.5. The Labute approximate surface area is 115 Å². The molecule has 0 saturated carbocycles. The van der Waals surface area contributed by atoms with Crippen molar-refractivity contribution in [2.75, 3.05) is 13.2 Å². The van der Waals surface area contributed by atoms with Crippen molar-refractivity contribution in [3.8, 4) is 0 Å². The van der Waals surface area contributed by atoms with Crippen molar-refractivity contribution in [3.63, 3.8) is 0 Å². The molecule has 1 fully saturated rings. The van der Waals surface area contributed by atoms with Gasteiger partial charge in [0.1, 0.15) is 5.60 Å². The maximum absolute atomic E-state index is 5.74. The molecule has 2 heterocycles. The van der Waals surface area contributed by atoms with Crippen LogP contribution in [0.25, 0.3) is 0 Å². The van der Waals surface area contributed by atoms with Gasteiger partial charge in [-0.25, -0.2) is 0 Å². The van der Waals surface area contributed by atoms with Gasteiger partial charge in [0.15, 0.2) is 0 Å². The van der Waals surface area contributed by atoms with E-state index in [1.807, 2.05) is 6.92 Å². The fraction of sp³-hybridized carbons (Fsp3) is 0.857. The molecule has 1 aromatic rings. The van der Waals surface area contributed by atoms with Gasteiger partial charge in [-0.3, -0.25) is 0 Å². The lowest BCUT2D eigenvalue weighted by atomic mass is 10.0. The topological polar surface area (TPSA) is 60.2 Å². The Balaban J connectivity index is 1.96. The van der Waals surface area contributed by atoms with E-state index in [0.717, 1.165) is 45.3 Å². The molecule has 0 radical (unpaired) electrons. The van der Waals surface area contributed by atoms with Gasteiger partial charge in [-0.2, -0.15) is 4.98 Å². The van der Waals surface area contributed by atoms with Crippen molar-refractivity contribution in [1.82, 2.24) is 15.5 Å². The second-order valence-corrected chi connectivity index (χ2v) is 5.46. The van der Waals surface area contributed by atoms with E-state index in [4.69, 9.17) is 9.26 Å². The van der Waals surface area contributed by atoms with Crippen LogP contribution in [-0.4, -0.2) is 29.3 Å². The lowest BCUT2D eigenvalue weighted by Crippen LogP contribution is -2.31. The van der Waals surface area contributed by atoms with Gasteiger partial charge in [0.2, 0.25) is 11.7 Å². The molecular formula is C14H25N3O2. The first-order valence-corrected chi connectivity index (χ1v) is 7.38. The van der Waals surface area contributed by atoms with Crippen LogP contribution in [0.15, 0.2) is 4.52 Å². The Kier molecular flexibility index (Phi) is 4.93. The third-order valence-electron chi connectivity index (χ3n) is 3.76. The van der Waals surface area contributed by atoms with Crippen LogP contribution in [0.3, 0.4) is 0 Å². The van der Waals surface area contributed by atoms with Crippen LogP contribution in [0.4, 0.5) is 0 Å². The summed E-state index contributed by atoms with van der Waals surface area (Å²) in [5.74, 6) is 1.41. The zero-order valence-electron chi connectivity index (χ0n) is 12.2. The molecule has 5 heteroatoms. The molecule has 1 aromatic heterocycles. The summed E-state index contributed by atoms with van der Waals surface area (Å²) in [6, 6.07) is 0.408. The van der Waals surface area contributed by atoms with Crippen molar-refractivity contribution in [2.24, 2.45) is 0 Å². The van der Waals surface area contributed by atoms with Crippen molar-refractivity contribution in [1.29, 1.82) is 0 Å². The van der Waals surface area contributed by atoms with Crippen LogP contribution >= 0.6 is 0 Å². The van der Waals surface area contributed by atoms with Crippen molar-refractivity contribution in [2.45, 2.75) is 64.5 Å². The number of hydrogen-bond acceptors (Lipinski definition) is 5. The van der Waals surface area contributed by atoms with Gasteiger partial charge in [-0.1, -0.05) is 19.0 Å².